The monoisotopic (exact) mass is 290 g/mol. The van der Waals surface area contributed by atoms with E-state index in [9.17, 15) is 4.79 Å². The van der Waals surface area contributed by atoms with Gasteiger partial charge in [0.2, 0.25) is 0 Å². The average Bonchev–Trinajstić information content (AvgIpc) is 3.01. The van der Waals surface area contributed by atoms with E-state index in [1.165, 1.54) is 18.5 Å². The number of carbonyl (C=O) groups excluding carboxylic acids is 1. The van der Waals surface area contributed by atoms with Crippen LogP contribution in [0.1, 0.15) is 68.6 Å². The lowest BCUT2D eigenvalue weighted by Crippen LogP contribution is -2.40. The zero-order valence-corrected chi connectivity index (χ0v) is 13.3. The van der Waals surface area contributed by atoms with Crippen molar-refractivity contribution in [2.45, 2.75) is 64.0 Å². The minimum Gasteiger partial charge on any atom is -0.333 e. The van der Waals surface area contributed by atoms with Gasteiger partial charge < -0.3 is 10.6 Å². The van der Waals surface area contributed by atoms with Crippen LogP contribution in [-0.2, 0) is 5.54 Å². The summed E-state index contributed by atoms with van der Waals surface area (Å²) >= 11 is 0. The number of amides is 1. The second kappa shape index (κ2) is 5.13. The van der Waals surface area contributed by atoms with Crippen LogP contribution in [0.15, 0.2) is 6.07 Å². The molecule has 1 aromatic rings. The molecule has 0 spiro atoms. The highest BCUT2D eigenvalue weighted by molar-refractivity contribution is 5.93. The lowest BCUT2D eigenvalue weighted by Gasteiger charge is -2.23. The van der Waals surface area contributed by atoms with Gasteiger partial charge in [0.25, 0.3) is 5.91 Å². The summed E-state index contributed by atoms with van der Waals surface area (Å²) in [6.45, 7) is 7.76. The van der Waals surface area contributed by atoms with Gasteiger partial charge in [-0.15, -0.1) is 0 Å². The van der Waals surface area contributed by atoms with Crippen molar-refractivity contribution >= 4 is 5.91 Å². The lowest BCUT2D eigenvalue weighted by atomic mass is 10.1. The van der Waals surface area contributed by atoms with E-state index in [0.29, 0.717) is 18.2 Å². The fourth-order valence-electron chi connectivity index (χ4n) is 3.20. The third kappa shape index (κ3) is 2.71. The summed E-state index contributed by atoms with van der Waals surface area (Å²) < 4.78 is 2.05. The van der Waals surface area contributed by atoms with Gasteiger partial charge in [0, 0.05) is 30.7 Å². The van der Waals surface area contributed by atoms with E-state index in [2.05, 4.69) is 25.9 Å². The minimum atomic E-state index is -0.0886. The molecule has 21 heavy (non-hydrogen) atoms. The Balaban J connectivity index is 1.90. The summed E-state index contributed by atoms with van der Waals surface area (Å²) in [6.07, 6.45) is 4.48. The summed E-state index contributed by atoms with van der Waals surface area (Å²) in [5.74, 6) is 0.634. The summed E-state index contributed by atoms with van der Waals surface area (Å²) in [7, 11) is 0. The van der Waals surface area contributed by atoms with E-state index in [-0.39, 0.29) is 17.5 Å². The van der Waals surface area contributed by atoms with Gasteiger partial charge >= 0.3 is 0 Å². The molecule has 2 N–H and O–H groups in total. The number of likely N-dealkylation sites (tertiary alicyclic amines) is 1. The Morgan fingerprint density at radius 2 is 2.10 bits per heavy atom. The van der Waals surface area contributed by atoms with E-state index < -0.39 is 0 Å². The highest BCUT2D eigenvalue weighted by Gasteiger charge is 2.35. The van der Waals surface area contributed by atoms with Crippen LogP contribution in [-0.4, -0.2) is 39.7 Å². The van der Waals surface area contributed by atoms with Crippen LogP contribution < -0.4 is 5.73 Å². The van der Waals surface area contributed by atoms with Crippen molar-refractivity contribution in [3.05, 3.63) is 17.5 Å². The van der Waals surface area contributed by atoms with E-state index in [0.717, 1.165) is 19.4 Å². The molecule has 1 aliphatic heterocycles. The van der Waals surface area contributed by atoms with Gasteiger partial charge in [0.1, 0.15) is 0 Å². The van der Waals surface area contributed by atoms with Crippen molar-refractivity contribution in [1.29, 1.82) is 0 Å². The maximum Gasteiger partial charge on any atom is 0.274 e. The van der Waals surface area contributed by atoms with Crippen LogP contribution in [0.2, 0.25) is 0 Å². The molecular weight excluding hydrogens is 264 g/mol. The quantitative estimate of drug-likeness (QED) is 0.927. The Morgan fingerprint density at radius 3 is 2.67 bits per heavy atom. The fourth-order valence-corrected chi connectivity index (χ4v) is 3.20. The van der Waals surface area contributed by atoms with Gasteiger partial charge in [-0.2, -0.15) is 5.10 Å². The van der Waals surface area contributed by atoms with Gasteiger partial charge in [-0.1, -0.05) is 0 Å². The Kier molecular flexibility index (Phi) is 3.56. The largest absolute Gasteiger partial charge is 0.333 e. The molecule has 1 aliphatic carbocycles. The molecule has 1 unspecified atom stereocenters. The maximum absolute atomic E-state index is 12.7. The third-order valence-electron chi connectivity index (χ3n) is 4.50. The van der Waals surface area contributed by atoms with E-state index >= 15 is 0 Å². The van der Waals surface area contributed by atoms with Crippen LogP contribution in [0.25, 0.3) is 0 Å². The van der Waals surface area contributed by atoms with Gasteiger partial charge in [-0.3, -0.25) is 9.48 Å². The molecule has 1 aromatic heterocycles. The van der Waals surface area contributed by atoms with E-state index in [1.807, 2.05) is 15.6 Å². The number of hydrogen-bond acceptors (Lipinski definition) is 3. The standard InChI is InChI=1S/C16H26N4O/c1-16(2,3)20-14(11-6-7-11)9-13(18-20)15(21)19-8-4-5-12(19)10-17/h9,11-12H,4-8,10,17H2,1-3H3. The number of carbonyl (C=O) groups is 1. The number of nitrogens with two attached hydrogens (primary N) is 1. The maximum atomic E-state index is 12.7. The molecule has 0 aromatic carbocycles. The lowest BCUT2D eigenvalue weighted by molar-refractivity contribution is 0.0733. The summed E-state index contributed by atoms with van der Waals surface area (Å²) in [5, 5.41) is 4.64. The smallest absolute Gasteiger partial charge is 0.274 e. The predicted octanol–water partition coefficient (Wildman–Crippen LogP) is 2.08. The predicted molar refractivity (Wildman–Crippen MR) is 82.3 cm³/mol. The Bertz CT molecular complexity index is 539. The molecule has 1 atom stereocenters. The highest BCUT2D eigenvalue weighted by atomic mass is 16.2. The van der Waals surface area contributed by atoms with Crippen molar-refractivity contribution in [2.24, 2.45) is 5.73 Å². The Labute approximate surface area is 126 Å². The number of hydrogen-bond donors (Lipinski definition) is 1. The van der Waals surface area contributed by atoms with Crippen LogP contribution in [0.3, 0.4) is 0 Å². The average molecular weight is 290 g/mol. The third-order valence-corrected chi connectivity index (χ3v) is 4.50. The number of rotatable bonds is 3. The Morgan fingerprint density at radius 1 is 1.38 bits per heavy atom. The zero-order valence-electron chi connectivity index (χ0n) is 13.3. The topological polar surface area (TPSA) is 64.2 Å². The fraction of sp³-hybridized carbons (Fsp3) is 0.750. The zero-order chi connectivity index (χ0) is 15.2. The summed E-state index contributed by atoms with van der Waals surface area (Å²) in [5.41, 5.74) is 7.50. The van der Waals surface area contributed by atoms with E-state index in [4.69, 9.17) is 5.73 Å². The minimum absolute atomic E-state index is 0.0489. The van der Waals surface area contributed by atoms with Crippen molar-refractivity contribution in [1.82, 2.24) is 14.7 Å². The van der Waals surface area contributed by atoms with Crippen LogP contribution >= 0.6 is 0 Å². The molecule has 0 radical (unpaired) electrons. The molecule has 1 saturated heterocycles. The van der Waals surface area contributed by atoms with Crippen LogP contribution in [0.5, 0.6) is 0 Å². The van der Waals surface area contributed by atoms with Gasteiger partial charge in [0.05, 0.1) is 5.54 Å². The highest BCUT2D eigenvalue weighted by Crippen LogP contribution is 2.42. The number of aromatic nitrogens is 2. The normalized spacial score (nSPS) is 22.9. The molecule has 116 valence electrons. The first-order valence-electron chi connectivity index (χ1n) is 8.03. The van der Waals surface area contributed by atoms with Crippen molar-refractivity contribution in [3.63, 3.8) is 0 Å². The first kappa shape index (κ1) is 14.6. The summed E-state index contributed by atoms with van der Waals surface area (Å²) in [4.78, 5) is 14.7. The van der Waals surface area contributed by atoms with E-state index in [1.54, 1.807) is 0 Å². The first-order valence-corrected chi connectivity index (χ1v) is 8.03. The molecule has 0 bridgehead atoms. The molecule has 1 saturated carbocycles. The van der Waals surface area contributed by atoms with Crippen molar-refractivity contribution in [3.8, 4) is 0 Å². The first-order chi connectivity index (χ1) is 9.91. The Hall–Kier alpha value is -1.36. The van der Waals surface area contributed by atoms with Gasteiger partial charge in [-0.05, 0) is 52.5 Å². The molecule has 5 heteroatoms. The second-order valence-electron chi connectivity index (χ2n) is 7.34. The SMILES string of the molecule is CC(C)(C)n1nc(C(=O)N2CCCC2CN)cc1C1CC1. The number of nitrogens with zero attached hydrogens (tertiary/aromatic N) is 3. The van der Waals surface area contributed by atoms with Crippen molar-refractivity contribution in [2.75, 3.05) is 13.1 Å². The molecule has 2 fully saturated rings. The van der Waals surface area contributed by atoms with Crippen LogP contribution in [0, 0.1) is 0 Å². The summed E-state index contributed by atoms with van der Waals surface area (Å²) in [6, 6.07) is 2.19. The molecule has 2 aliphatic rings. The van der Waals surface area contributed by atoms with Crippen LogP contribution in [0.4, 0.5) is 0 Å². The van der Waals surface area contributed by atoms with Gasteiger partial charge in [-0.25, -0.2) is 0 Å². The molecule has 3 rings (SSSR count). The van der Waals surface area contributed by atoms with Gasteiger partial charge in [0.15, 0.2) is 5.69 Å². The molecule has 5 nitrogen and oxygen atoms in total. The molecule has 2 heterocycles. The molecular formula is C16H26N4O. The second-order valence-corrected chi connectivity index (χ2v) is 7.34. The molecule has 1 amide bonds. The van der Waals surface area contributed by atoms with Crippen molar-refractivity contribution < 1.29 is 4.79 Å².